The zero-order chi connectivity index (χ0) is 18.9. The van der Waals surface area contributed by atoms with Gasteiger partial charge in [-0.3, -0.25) is 24.6 Å². The Hall–Kier alpha value is -2.40. The normalized spacial score (nSPS) is 17.1. The van der Waals surface area contributed by atoms with E-state index in [0.717, 1.165) is 30.2 Å². The topological polar surface area (TPSA) is 127 Å². The Balaban J connectivity index is 2.43. The monoisotopic (exact) mass is 430 g/mol. The van der Waals surface area contributed by atoms with Crippen molar-refractivity contribution in [2.75, 3.05) is 7.11 Å². The van der Waals surface area contributed by atoms with Gasteiger partial charge in [0.1, 0.15) is 11.8 Å². The van der Waals surface area contributed by atoms with Crippen LogP contribution in [0.15, 0.2) is 21.5 Å². The highest BCUT2D eigenvalue weighted by molar-refractivity contribution is 9.10. The Labute approximate surface area is 153 Å². The van der Waals surface area contributed by atoms with Gasteiger partial charge in [0.15, 0.2) is 0 Å². The van der Waals surface area contributed by atoms with E-state index in [-0.39, 0.29) is 26.4 Å². The second-order valence-electron chi connectivity index (χ2n) is 4.87. The molecule has 25 heavy (non-hydrogen) atoms. The van der Waals surface area contributed by atoms with Gasteiger partial charge in [-0.05, 0) is 40.7 Å². The maximum atomic E-state index is 12.4. The third-order valence-corrected chi connectivity index (χ3v) is 4.82. The number of halogens is 1. The Bertz CT molecular complexity index is 824. The van der Waals surface area contributed by atoms with Crippen LogP contribution in [0.25, 0.3) is 6.08 Å². The van der Waals surface area contributed by atoms with E-state index in [0.29, 0.717) is 11.8 Å². The average molecular weight is 431 g/mol. The van der Waals surface area contributed by atoms with Crippen molar-refractivity contribution >= 4 is 56.6 Å². The number of methoxy groups -OCH3 is 1. The summed E-state index contributed by atoms with van der Waals surface area (Å²) >= 11 is 3.55. The first kappa shape index (κ1) is 18.9. The smallest absolute Gasteiger partial charge is 0.328 e. The number of hydrogen-bond acceptors (Lipinski definition) is 8. The van der Waals surface area contributed by atoms with E-state index >= 15 is 0 Å². The van der Waals surface area contributed by atoms with Gasteiger partial charge in [-0.2, -0.15) is 0 Å². The van der Waals surface area contributed by atoms with E-state index in [1.54, 1.807) is 0 Å². The van der Waals surface area contributed by atoms with Gasteiger partial charge in [-0.25, -0.2) is 4.79 Å². The lowest BCUT2D eigenvalue weighted by Crippen LogP contribution is -2.42. The summed E-state index contributed by atoms with van der Waals surface area (Å²) in [6.07, 6.45) is 1.15. The number of non-ortho nitro benzene ring substituents is 1. The number of phenols is 1. The van der Waals surface area contributed by atoms with Crippen LogP contribution in [0.3, 0.4) is 0 Å². The van der Waals surface area contributed by atoms with E-state index in [4.69, 9.17) is 0 Å². The van der Waals surface area contributed by atoms with Crippen LogP contribution in [0.2, 0.25) is 0 Å². The molecule has 11 heteroatoms. The quantitative estimate of drug-likeness (QED) is 0.334. The number of nitrogens with zero attached hydrogens (tertiary/aromatic N) is 2. The van der Waals surface area contributed by atoms with Crippen molar-refractivity contribution in [3.05, 3.63) is 37.2 Å². The summed E-state index contributed by atoms with van der Waals surface area (Å²) in [6, 6.07) is 1.06. The molecule has 0 aliphatic carbocycles. The number of nitro benzene ring substituents is 1. The average Bonchev–Trinajstić information content (AvgIpc) is 2.83. The molecule has 0 radical (unpaired) electrons. The summed E-state index contributed by atoms with van der Waals surface area (Å²) in [7, 11) is 1.13. The molecule has 9 nitrogen and oxygen atoms in total. The van der Waals surface area contributed by atoms with Crippen molar-refractivity contribution in [1.29, 1.82) is 0 Å². The summed E-state index contributed by atoms with van der Waals surface area (Å²) in [5.74, 6) is -1.84. The summed E-state index contributed by atoms with van der Waals surface area (Å²) in [5, 5.41) is 20.2. The van der Waals surface area contributed by atoms with Gasteiger partial charge in [0, 0.05) is 17.7 Å². The van der Waals surface area contributed by atoms with Crippen molar-refractivity contribution in [2.24, 2.45) is 0 Å². The van der Waals surface area contributed by atoms with Gasteiger partial charge in [-0.15, -0.1) is 0 Å². The van der Waals surface area contributed by atoms with Gasteiger partial charge >= 0.3 is 5.97 Å². The maximum Gasteiger partial charge on any atom is 0.328 e. The fraction of sp³-hybridized carbons (Fsp3) is 0.214. The molecule has 0 bridgehead atoms. The minimum Gasteiger partial charge on any atom is -0.506 e. The number of esters is 1. The molecule has 2 rings (SSSR count). The molecule has 1 atom stereocenters. The van der Waals surface area contributed by atoms with E-state index in [9.17, 15) is 29.6 Å². The first-order valence-electron chi connectivity index (χ1n) is 6.69. The molecule has 1 N–H and O–H groups in total. The fourth-order valence-electron chi connectivity index (χ4n) is 2.05. The zero-order valence-electron chi connectivity index (χ0n) is 12.9. The van der Waals surface area contributed by atoms with Crippen molar-refractivity contribution in [3.63, 3.8) is 0 Å². The fourth-order valence-corrected chi connectivity index (χ4v) is 3.41. The number of hydrogen-bond donors (Lipinski definition) is 1. The lowest BCUT2D eigenvalue weighted by Gasteiger charge is -2.18. The number of nitro groups is 1. The molecule has 132 valence electrons. The molecule has 1 saturated heterocycles. The standard InChI is InChI=1S/C14H11BrN2O7S/c1-6(13(20)24-2)16-12(19)10(25-14(16)21)4-7-3-8(17(22)23)5-9(15)11(7)18/h3-6,18H,1-2H3/b10-4+/t6-/m0/s1. The van der Waals surface area contributed by atoms with Crippen LogP contribution in [-0.2, 0) is 14.3 Å². The van der Waals surface area contributed by atoms with Gasteiger partial charge < -0.3 is 9.84 Å². The van der Waals surface area contributed by atoms with Crippen LogP contribution in [0.1, 0.15) is 12.5 Å². The third kappa shape index (κ3) is 3.66. The molecule has 1 aromatic carbocycles. The minimum atomic E-state index is -1.12. The Kier molecular flexibility index (Phi) is 5.48. The summed E-state index contributed by atoms with van der Waals surface area (Å²) in [5.41, 5.74) is -0.324. The number of rotatable bonds is 4. The minimum absolute atomic E-state index is 0.0164. The van der Waals surface area contributed by atoms with Crippen LogP contribution >= 0.6 is 27.7 Å². The van der Waals surface area contributed by atoms with Crippen LogP contribution in [0.4, 0.5) is 10.5 Å². The van der Waals surface area contributed by atoms with E-state index in [1.807, 2.05) is 0 Å². The van der Waals surface area contributed by atoms with Crippen molar-refractivity contribution < 1.29 is 29.2 Å². The number of amides is 2. The van der Waals surface area contributed by atoms with Gasteiger partial charge in [0.2, 0.25) is 0 Å². The number of aromatic hydroxyl groups is 1. The SMILES string of the molecule is COC(=O)[C@H](C)N1C(=O)S/C(=C/c2cc([N+](=O)[O-])cc(Br)c2O)C1=O. The molecule has 0 spiro atoms. The number of benzene rings is 1. The first-order chi connectivity index (χ1) is 11.7. The second-order valence-corrected chi connectivity index (χ2v) is 6.72. The Morgan fingerprint density at radius 2 is 2.12 bits per heavy atom. The number of carbonyl (C=O) groups is 3. The van der Waals surface area contributed by atoms with Gasteiger partial charge in [-0.1, -0.05) is 0 Å². The highest BCUT2D eigenvalue weighted by Gasteiger charge is 2.41. The Morgan fingerprint density at radius 1 is 1.48 bits per heavy atom. The largest absolute Gasteiger partial charge is 0.506 e. The molecule has 1 aromatic rings. The van der Waals surface area contributed by atoms with E-state index < -0.39 is 28.1 Å². The number of thioether (sulfide) groups is 1. The number of imide groups is 1. The number of phenolic OH excluding ortho intramolecular Hbond substituents is 1. The van der Waals surface area contributed by atoms with Crippen molar-refractivity contribution in [3.8, 4) is 5.75 Å². The second kappa shape index (κ2) is 7.23. The van der Waals surface area contributed by atoms with E-state index in [1.165, 1.54) is 6.92 Å². The number of ether oxygens (including phenoxy) is 1. The first-order valence-corrected chi connectivity index (χ1v) is 8.30. The van der Waals surface area contributed by atoms with Crippen LogP contribution in [-0.4, -0.2) is 45.2 Å². The lowest BCUT2D eigenvalue weighted by molar-refractivity contribution is -0.385. The predicted octanol–water partition coefficient (Wildman–Crippen LogP) is 2.66. The molecule has 1 aliphatic rings. The molecule has 0 unspecified atom stereocenters. The van der Waals surface area contributed by atoms with Gasteiger partial charge in [0.05, 0.1) is 21.4 Å². The van der Waals surface area contributed by atoms with E-state index in [2.05, 4.69) is 20.7 Å². The molecule has 2 amide bonds. The van der Waals surface area contributed by atoms with Crippen molar-refractivity contribution in [1.82, 2.24) is 4.90 Å². The molecular weight excluding hydrogens is 420 g/mol. The number of carbonyl (C=O) groups excluding carboxylic acids is 3. The predicted molar refractivity (Wildman–Crippen MR) is 91.7 cm³/mol. The molecular formula is C14H11BrN2O7S. The van der Waals surface area contributed by atoms with Crippen LogP contribution < -0.4 is 0 Å². The van der Waals surface area contributed by atoms with Gasteiger partial charge in [0.25, 0.3) is 16.8 Å². The van der Waals surface area contributed by atoms with Crippen molar-refractivity contribution in [2.45, 2.75) is 13.0 Å². The van der Waals surface area contributed by atoms with Crippen LogP contribution in [0.5, 0.6) is 5.75 Å². The zero-order valence-corrected chi connectivity index (χ0v) is 15.3. The van der Waals surface area contributed by atoms with Crippen LogP contribution in [0, 0.1) is 10.1 Å². The molecule has 0 aromatic heterocycles. The molecule has 1 fully saturated rings. The molecule has 1 aliphatic heterocycles. The third-order valence-electron chi connectivity index (χ3n) is 3.33. The molecule has 1 heterocycles. The Morgan fingerprint density at radius 3 is 2.68 bits per heavy atom. The summed E-state index contributed by atoms with van der Waals surface area (Å²) in [6.45, 7) is 1.34. The highest BCUT2D eigenvalue weighted by Crippen LogP contribution is 2.38. The summed E-state index contributed by atoms with van der Waals surface area (Å²) in [4.78, 5) is 46.9. The maximum absolute atomic E-state index is 12.4. The lowest BCUT2D eigenvalue weighted by atomic mass is 10.1. The molecule has 0 saturated carbocycles. The summed E-state index contributed by atoms with van der Waals surface area (Å²) < 4.78 is 4.58. The highest BCUT2D eigenvalue weighted by atomic mass is 79.9.